The summed E-state index contributed by atoms with van der Waals surface area (Å²) in [6.07, 6.45) is -4.13. The minimum atomic E-state index is -4.42. The van der Waals surface area contributed by atoms with Crippen molar-refractivity contribution in [2.24, 2.45) is 0 Å². The molecule has 0 bridgehead atoms. The molecule has 3 nitrogen and oxygen atoms in total. The van der Waals surface area contributed by atoms with Crippen LogP contribution in [-0.2, 0) is 20.5 Å². The smallest absolute Gasteiger partial charge is 0.416 e. The van der Waals surface area contributed by atoms with Gasteiger partial charge in [0, 0.05) is 12.2 Å². The minimum absolute atomic E-state index is 0.0152. The van der Waals surface area contributed by atoms with Crippen LogP contribution in [0.15, 0.2) is 24.3 Å². The maximum absolute atomic E-state index is 12.5. The summed E-state index contributed by atoms with van der Waals surface area (Å²) in [4.78, 5) is 22.6. The fourth-order valence-corrected chi connectivity index (χ4v) is 2.80. The SMILES string of the molecule is COC(=O)C(SCCC(C)=O)c1ccc(C(F)(F)F)cc1. The van der Waals surface area contributed by atoms with Gasteiger partial charge in [-0.25, -0.2) is 0 Å². The number of halogens is 3. The van der Waals surface area contributed by atoms with E-state index in [2.05, 4.69) is 4.74 Å². The minimum Gasteiger partial charge on any atom is -0.468 e. The van der Waals surface area contributed by atoms with Crippen molar-refractivity contribution in [3.63, 3.8) is 0 Å². The first-order valence-corrected chi connectivity index (χ1v) is 7.16. The largest absolute Gasteiger partial charge is 0.468 e. The number of thioether (sulfide) groups is 1. The van der Waals surface area contributed by atoms with Crippen LogP contribution in [0.25, 0.3) is 0 Å². The number of hydrogen-bond acceptors (Lipinski definition) is 4. The van der Waals surface area contributed by atoms with E-state index in [0.29, 0.717) is 17.7 Å². The topological polar surface area (TPSA) is 43.4 Å². The second-order valence-electron chi connectivity index (χ2n) is 4.35. The van der Waals surface area contributed by atoms with E-state index >= 15 is 0 Å². The van der Waals surface area contributed by atoms with Gasteiger partial charge in [0.25, 0.3) is 0 Å². The molecule has 0 heterocycles. The highest BCUT2D eigenvalue weighted by molar-refractivity contribution is 8.00. The molecule has 0 N–H and O–H groups in total. The average Bonchev–Trinajstić information content (AvgIpc) is 2.42. The molecule has 1 unspecified atom stereocenters. The fourth-order valence-electron chi connectivity index (χ4n) is 1.57. The monoisotopic (exact) mass is 320 g/mol. The Morgan fingerprint density at radius 2 is 1.81 bits per heavy atom. The number of carbonyl (C=O) groups excluding carboxylic acids is 2. The van der Waals surface area contributed by atoms with E-state index in [4.69, 9.17) is 0 Å². The van der Waals surface area contributed by atoms with Gasteiger partial charge < -0.3 is 4.74 Å². The van der Waals surface area contributed by atoms with Gasteiger partial charge >= 0.3 is 12.1 Å². The summed E-state index contributed by atoms with van der Waals surface area (Å²) in [7, 11) is 1.21. The number of hydrogen-bond donors (Lipinski definition) is 0. The van der Waals surface area contributed by atoms with E-state index in [1.54, 1.807) is 0 Å². The van der Waals surface area contributed by atoms with E-state index in [1.165, 1.54) is 37.9 Å². The van der Waals surface area contributed by atoms with Gasteiger partial charge in [0.15, 0.2) is 0 Å². The molecule has 0 radical (unpaired) electrons. The van der Waals surface area contributed by atoms with Crippen LogP contribution in [0, 0.1) is 0 Å². The summed E-state index contributed by atoms with van der Waals surface area (Å²) in [5.74, 6) is -0.169. The number of ether oxygens (including phenoxy) is 1. The Morgan fingerprint density at radius 1 is 1.24 bits per heavy atom. The molecule has 0 saturated heterocycles. The number of methoxy groups -OCH3 is 1. The second kappa shape index (κ2) is 7.49. The number of benzene rings is 1. The standard InChI is InChI=1S/C14H15F3O3S/c1-9(18)7-8-21-12(13(19)20-2)10-3-5-11(6-4-10)14(15,16)17/h3-6,12H,7-8H2,1-2H3. The van der Waals surface area contributed by atoms with Crippen molar-refractivity contribution in [3.05, 3.63) is 35.4 Å². The number of ketones is 1. The van der Waals surface area contributed by atoms with Gasteiger partial charge in [-0.3, -0.25) is 9.59 Å². The molecule has 0 amide bonds. The van der Waals surface area contributed by atoms with E-state index in [0.717, 1.165) is 12.1 Å². The van der Waals surface area contributed by atoms with Crippen LogP contribution in [0.3, 0.4) is 0 Å². The van der Waals surface area contributed by atoms with Gasteiger partial charge in [0.2, 0.25) is 0 Å². The first kappa shape index (κ1) is 17.6. The van der Waals surface area contributed by atoms with Crippen molar-refractivity contribution < 1.29 is 27.5 Å². The van der Waals surface area contributed by atoms with Gasteiger partial charge in [-0.05, 0) is 24.6 Å². The van der Waals surface area contributed by atoms with Crippen LogP contribution in [0.4, 0.5) is 13.2 Å². The average molecular weight is 320 g/mol. The van der Waals surface area contributed by atoms with Crippen molar-refractivity contribution in [2.45, 2.75) is 24.8 Å². The van der Waals surface area contributed by atoms with Crippen LogP contribution < -0.4 is 0 Å². The van der Waals surface area contributed by atoms with Crippen LogP contribution in [0.1, 0.15) is 29.7 Å². The lowest BCUT2D eigenvalue weighted by Gasteiger charge is -2.15. The molecule has 0 fully saturated rings. The molecule has 7 heteroatoms. The number of Topliss-reactive ketones (excluding diaryl/α,β-unsaturated/α-hetero) is 1. The Balaban J connectivity index is 2.88. The van der Waals surface area contributed by atoms with Crippen molar-refractivity contribution >= 4 is 23.5 Å². The molecule has 1 rings (SSSR count). The molecular weight excluding hydrogens is 305 g/mol. The third-order valence-electron chi connectivity index (χ3n) is 2.69. The van der Waals surface area contributed by atoms with Gasteiger partial charge in [-0.15, -0.1) is 11.8 Å². The lowest BCUT2D eigenvalue weighted by Crippen LogP contribution is -2.13. The molecule has 0 aliphatic carbocycles. The molecule has 1 atom stereocenters. The molecule has 0 aliphatic heterocycles. The van der Waals surface area contributed by atoms with Gasteiger partial charge in [0.1, 0.15) is 11.0 Å². The molecule has 0 aromatic heterocycles. The molecule has 0 saturated carbocycles. The first-order chi connectivity index (χ1) is 9.75. The Kier molecular flexibility index (Phi) is 6.26. The molecular formula is C14H15F3O3S. The highest BCUT2D eigenvalue weighted by Gasteiger charge is 2.31. The highest BCUT2D eigenvalue weighted by atomic mass is 32.2. The van der Waals surface area contributed by atoms with Gasteiger partial charge in [-0.2, -0.15) is 13.2 Å². The summed E-state index contributed by atoms with van der Waals surface area (Å²) < 4.78 is 42.2. The molecule has 0 spiro atoms. The number of esters is 1. The molecule has 21 heavy (non-hydrogen) atoms. The van der Waals surface area contributed by atoms with Crippen molar-refractivity contribution in [2.75, 3.05) is 12.9 Å². The van der Waals surface area contributed by atoms with Crippen molar-refractivity contribution in [1.82, 2.24) is 0 Å². The third kappa shape index (κ3) is 5.41. The fraction of sp³-hybridized carbons (Fsp3) is 0.429. The highest BCUT2D eigenvalue weighted by Crippen LogP contribution is 2.34. The maximum atomic E-state index is 12.5. The summed E-state index contributed by atoms with van der Waals surface area (Å²) in [6.45, 7) is 1.44. The van der Waals surface area contributed by atoms with Crippen molar-refractivity contribution in [3.8, 4) is 0 Å². The zero-order chi connectivity index (χ0) is 16.0. The van der Waals surface area contributed by atoms with Crippen molar-refractivity contribution in [1.29, 1.82) is 0 Å². The third-order valence-corrected chi connectivity index (χ3v) is 3.93. The predicted octanol–water partition coefficient (Wildman–Crippen LogP) is 3.63. The predicted molar refractivity (Wildman–Crippen MR) is 74.0 cm³/mol. The summed E-state index contributed by atoms with van der Waals surface area (Å²) in [6, 6.07) is 4.37. The quantitative estimate of drug-likeness (QED) is 0.751. The normalized spacial score (nSPS) is 12.8. The molecule has 1 aromatic carbocycles. The molecule has 0 aliphatic rings. The van der Waals surface area contributed by atoms with E-state index in [9.17, 15) is 22.8 Å². The molecule has 116 valence electrons. The Morgan fingerprint density at radius 3 is 2.24 bits per heavy atom. The van der Waals surface area contributed by atoms with Crippen LogP contribution >= 0.6 is 11.8 Å². The summed E-state index contributed by atoms with van der Waals surface area (Å²) in [5, 5.41) is -0.739. The Labute approximate surface area is 124 Å². The zero-order valence-corrected chi connectivity index (χ0v) is 12.4. The molecule has 1 aromatic rings. The van der Waals surface area contributed by atoms with Gasteiger partial charge in [-0.1, -0.05) is 12.1 Å². The summed E-state index contributed by atoms with van der Waals surface area (Å²) in [5.41, 5.74) is -0.355. The lowest BCUT2D eigenvalue weighted by atomic mass is 10.1. The zero-order valence-electron chi connectivity index (χ0n) is 11.6. The van der Waals surface area contributed by atoms with Crippen LogP contribution in [0.2, 0.25) is 0 Å². The van der Waals surface area contributed by atoms with Crippen LogP contribution in [0.5, 0.6) is 0 Å². The Bertz CT molecular complexity index is 497. The number of alkyl halides is 3. The van der Waals surface area contributed by atoms with Crippen LogP contribution in [-0.4, -0.2) is 24.6 Å². The maximum Gasteiger partial charge on any atom is 0.416 e. The summed E-state index contributed by atoms with van der Waals surface area (Å²) >= 11 is 1.17. The van der Waals surface area contributed by atoms with E-state index < -0.39 is 23.0 Å². The Hall–Kier alpha value is -1.50. The second-order valence-corrected chi connectivity index (χ2v) is 5.56. The van der Waals surface area contributed by atoms with E-state index in [-0.39, 0.29) is 5.78 Å². The van der Waals surface area contributed by atoms with E-state index in [1.807, 2.05) is 0 Å². The lowest BCUT2D eigenvalue weighted by molar-refractivity contribution is -0.140. The number of rotatable bonds is 6. The van der Waals surface area contributed by atoms with Gasteiger partial charge in [0.05, 0.1) is 12.7 Å². The first-order valence-electron chi connectivity index (χ1n) is 6.11. The number of carbonyl (C=O) groups is 2.